The van der Waals surface area contributed by atoms with Crippen molar-refractivity contribution < 1.29 is 28.6 Å². The lowest BCUT2D eigenvalue weighted by Gasteiger charge is -2.64. The van der Waals surface area contributed by atoms with Crippen LogP contribution in [0.2, 0.25) is 0 Å². The molecule has 0 unspecified atom stereocenters. The maximum absolute atomic E-state index is 14.2. The summed E-state index contributed by atoms with van der Waals surface area (Å²) in [6.45, 7) is 0.456. The smallest absolute Gasteiger partial charge is 0.254 e. The van der Waals surface area contributed by atoms with Gasteiger partial charge in [0, 0.05) is 47.9 Å². The Bertz CT molecular complexity index is 1840. The molecule has 2 aromatic heterocycles. The molecule has 2 aromatic carbocycles. The predicted molar refractivity (Wildman–Crippen MR) is 162 cm³/mol. The highest BCUT2D eigenvalue weighted by molar-refractivity contribution is 5.98. The second-order valence-electron chi connectivity index (χ2n) is 12.4. The number of piperidine rings is 1. The molecule has 4 heterocycles. The molecular formula is C35H33N3O6. The topological polar surface area (TPSA) is 105 Å². The molecule has 9 nitrogen and oxygen atoms in total. The third-order valence-electron chi connectivity index (χ3n) is 10.6. The minimum absolute atomic E-state index is 0.101. The third-order valence-corrected chi connectivity index (χ3v) is 10.6. The van der Waals surface area contributed by atoms with E-state index in [1.807, 2.05) is 47.4 Å². The van der Waals surface area contributed by atoms with Crippen molar-refractivity contribution in [1.82, 2.24) is 14.8 Å². The summed E-state index contributed by atoms with van der Waals surface area (Å²) in [4.78, 5) is 35.6. The molecule has 4 aromatic rings. The first-order valence-electron chi connectivity index (χ1n) is 15.1. The molecule has 224 valence electrons. The van der Waals surface area contributed by atoms with Crippen molar-refractivity contribution >= 4 is 28.8 Å². The summed E-state index contributed by atoms with van der Waals surface area (Å²) in [6, 6.07) is 14.4. The Hall–Kier alpha value is -4.63. The first kappa shape index (κ1) is 27.0. The van der Waals surface area contributed by atoms with Crippen LogP contribution in [0.5, 0.6) is 11.5 Å². The van der Waals surface area contributed by atoms with E-state index in [0.29, 0.717) is 49.3 Å². The van der Waals surface area contributed by atoms with E-state index in [9.17, 15) is 14.7 Å². The number of nitrogens with zero attached hydrogens (tertiary/aromatic N) is 3. The summed E-state index contributed by atoms with van der Waals surface area (Å²) in [5.74, 6) is 1.01. The lowest BCUT2D eigenvalue weighted by atomic mass is 9.48. The standard InChI is InChI=1S/C35H33N3O6/c1-37(29(39)10-5-21-12-17-43-20-21)26-11-13-35(41)28-19-23-7-9-27(42-2)31-30(23)34(35,32(26)44-31)14-16-38(28)33(40)24-6-8-25-22(18-24)4-3-15-36-25/h3-10,12,15,17-18,20,26,28,32,41H,11,13-14,16,19H2,1-2H3/b10-5+/t26-,28-,32+,34+,35-/m1/s1. The quantitative estimate of drug-likeness (QED) is 0.344. The van der Waals surface area contributed by atoms with E-state index >= 15 is 0 Å². The maximum atomic E-state index is 14.2. The second-order valence-corrected chi connectivity index (χ2v) is 12.4. The Balaban J connectivity index is 1.19. The van der Waals surface area contributed by atoms with Crippen molar-refractivity contribution in [2.45, 2.75) is 54.9 Å². The molecule has 2 aliphatic heterocycles. The number of hydrogen-bond donors (Lipinski definition) is 1. The van der Waals surface area contributed by atoms with Crippen molar-refractivity contribution in [3.05, 3.63) is 95.6 Å². The number of likely N-dealkylation sites (tertiary alicyclic amines) is 1. The van der Waals surface area contributed by atoms with Gasteiger partial charge in [-0.05, 0) is 73.7 Å². The molecule has 8 rings (SSSR count). The van der Waals surface area contributed by atoms with Crippen molar-refractivity contribution in [3.63, 3.8) is 0 Å². The number of benzene rings is 2. The van der Waals surface area contributed by atoms with Crippen LogP contribution in [0.25, 0.3) is 17.0 Å². The van der Waals surface area contributed by atoms with Crippen LogP contribution in [-0.2, 0) is 16.6 Å². The lowest BCUT2D eigenvalue weighted by Crippen LogP contribution is -2.78. The van der Waals surface area contributed by atoms with Gasteiger partial charge in [-0.1, -0.05) is 12.1 Å². The van der Waals surface area contributed by atoms with E-state index in [1.54, 1.807) is 56.0 Å². The molecule has 5 atom stereocenters. The number of furan rings is 1. The van der Waals surface area contributed by atoms with Gasteiger partial charge in [-0.2, -0.15) is 0 Å². The van der Waals surface area contributed by atoms with Crippen LogP contribution in [0.3, 0.4) is 0 Å². The number of likely N-dealkylation sites (N-methyl/N-ethyl adjacent to an activating group) is 1. The summed E-state index contributed by atoms with van der Waals surface area (Å²) >= 11 is 0. The number of rotatable bonds is 5. The number of methoxy groups -OCH3 is 1. The van der Waals surface area contributed by atoms with Gasteiger partial charge in [0.2, 0.25) is 5.91 Å². The molecule has 9 heteroatoms. The van der Waals surface area contributed by atoms with Gasteiger partial charge >= 0.3 is 0 Å². The Kier molecular flexibility index (Phi) is 5.94. The summed E-state index contributed by atoms with van der Waals surface area (Å²) in [7, 11) is 3.42. The number of fused-ring (bicyclic) bond motifs is 1. The molecule has 2 bridgehead atoms. The zero-order valence-corrected chi connectivity index (χ0v) is 24.6. The monoisotopic (exact) mass is 591 g/mol. The van der Waals surface area contributed by atoms with Crippen LogP contribution in [0.4, 0.5) is 0 Å². The third kappa shape index (κ3) is 3.59. The van der Waals surface area contributed by atoms with Gasteiger partial charge in [0.15, 0.2) is 11.5 Å². The average molecular weight is 592 g/mol. The molecule has 2 aliphatic carbocycles. The number of carbonyl (C=O) groups excluding carboxylic acids is 2. The van der Waals surface area contributed by atoms with Crippen LogP contribution in [0.15, 0.2) is 77.7 Å². The largest absolute Gasteiger partial charge is 0.493 e. The minimum atomic E-state index is -1.25. The number of aromatic nitrogens is 1. The highest BCUT2D eigenvalue weighted by Gasteiger charge is 2.74. The van der Waals surface area contributed by atoms with E-state index < -0.39 is 23.2 Å². The molecule has 1 spiro atoms. The Morgan fingerprint density at radius 2 is 2.07 bits per heavy atom. The molecule has 4 aliphatic rings. The molecular weight excluding hydrogens is 558 g/mol. The van der Waals surface area contributed by atoms with E-state index in [1.165, 1.54) is 0 Å². The van der Waals surface area contributed by atoms with Crippen molar-refractivity contribution in [2.75, 3.05) is 20.7 Å². The first-order valence-corrected chi connectivity index (χ1v) is 15.1. The molecule has 1 saturated carbocycles. The fourth-order valence-corrected chi connectivity index (χ4v) is 8.50. The fourth-order valence-electron chi connectivity index (χ4n) is 8.50. The van der Waals surface area contributed by atoms with E-state index in [0.717, 1.165) is 27.6 Å². The average Bonchev–Trinajstić information content (AvgIpc) is 3.69. The highest BCUT2D eigenvalue weighted by atomic mass is 16.5. The Labute approximate surface area is 254 Å². The van der Waals surface area contributed by atoms with Gasteiger partial charge in [0.05, 0.1) is 48.3 Å². The fraction of sp³-hybridized carbons (Fsp3) is 0.343. The number of ether oxygens (including phenoxy) is 2. The number of hydrogen-bond acceptors (Lipinski definition) is 7. The van der Waals surface area contributed by atoms with Crippen LogP contribution in [0.1, 0.15) is 46.3 Å². The summed E-state index contributed by atoms with van der Waals surface area (Å²) in [5, 5.41) is 13.8. The van der Waals surface area contributed by atoms with Gasteiger partial charge < -0.3 is 28.8 Å². The lowest BCUT2D eigenvalue weighted by molar-refractivity contribution is -0.191. The summed E-state index contributed by atoms with van der Waals surface area (Å²) in [5.41, 5.74) is 2.19. The van der Waals surface area contributed by atoms with Crippen LogP contribution in [-0.4, -0.2) is 76.2 Å². The van der Waals surface area contributed by atoms with Crippen molar-refractivity contribution in [1.29, 1.82) is 0 Å². The SMILES string of the molecule is COc1ccc2c3c1O[C@H]1[C@H](N(C)C(=O)/C=C/c4ccoc4)CC[C@@]4(O)[C@@H](C2)N(C(=O)c2ccc5ncccc5c2)CC[C@]314. The zero-order valence-electron chi connectivity index (χ0n) is 24.6. The maximum Gasteiger partial charge on any atom is 0.254 e. The molecule has 1 N–H and O–H groups in total. The molecule has 0 radical (unpaired) electrons. The molecule has 2 amide bonds. The highest BCUT2D eigenvalue weighted by Crippen LogP contribution is 2.66. The summed E-state index contributed by atoms with van der Waals surface area (Å²) in [6.07, 6.45) is 9.62. The number of aliphatic hydroxyl groups is 1. The Morgan fingerprint density at radius 3 is 2.89 bits per heavy atom. The predicted octanol–water partition coefficient (Wildman–Crippen LogP) is 4.37. The number of pyridine rings is 1. The second kappa shape index (κ2) is 9.69. The van der Waals surface area contributed by atoms with Gasteiger partial charge in [-0.15, -0.1) is 0 Å². The van der Waals surface area contributed by atoms with Gasteiger partial charge in [-0.3, -0.25) is 14.6 Å². The number of carbonyl (C=O) groups is 2. The van der Waals surface area contributed by atoms with Gasteiger partial charge in [-0.25, -0.2) is 0 Å². The molecule has 2 fully saturated rings. The van der Waals surface area contributed by atoms with Crippen molar-refractivity contribution in [3.8, 4) is 11.5 Å². The Morgan fingerprint density at radius 1 is 1.18 bits per heavy atom. The zero-order chi connectivity index (χ0) is 30.2. The summed E-state index contributed by atoms with van der Waals surface area (Å²) < 4.78 is 17.7. The van der Waals surface area contributed by atoms with Gasteiger partial charge in [0.25, 0.3) is 5.91 Å². The molecule has 44 heavy (non-hydrogen) atoms. The van der Waals surface area contributed by atoms with E-state index in [2.05, 4.69) is 4.98 Å². The van der Waals surface area contributed by atoms with Gasteiger partial charge in [0.1, 0.15) is 6.10 Å². The van der Waals surface area contributed by atoms with Crippen LogP contribution >= 0.6 is 0 Å². The first-order chi connectivity index (χ1) is 21.4. The normalized spacial score (nSPS) is 28.1. The van der Waals surface area contributed by atoms with E-state index in [-0.39, 0.29) is 17.9 Å². The molecule has 1 saturated heterocycles. The van der Waals surface area contributed by atoms with E-state index in [4.69, 9.17) is 13.9 Å². The van der Waals surface area contributed by atoms with Crippen LogP contribution in [0, 0.1) is 0 Å². The van der Waals surface area contributed by atoms with Crippen LogP contribution < -0.4 is 9.47 Å². The number of amides is 2. The van der Waals surface area contributed by atoms with Crippen molar-refractivity contribution in [2.24, 2.45) is 0 Å². The minimum Gasteiger partial charge on any atom is -0.493 e.